The molecule has 19 heavy (non-hydrogen) atoms. The highest BCUT2D eigenvalue weighted by Gasteiger charge is 2.20. The molecule has 2 aromatic rings. The maximum Gasteiger partial charge on any atom is 0.237 e. The number of aromatic nitrogens is 2. The van der Waals surface area contributed by atoms with Crippen molar-refractivity contribution in [3.05, 3.63) is 34.1 Å². The summed E-state index contributed by atoms with van der Waals surface area (Å²) in [6.45, 7) is 5.62. The summed E-state index contributed by atoms with van der Waals surface area (Å²) in [5.41, 5.74) is 2.01. The van der Waals surface area contributed by atoms with Crippen LogP contribution in [0.1, 0.15) is 37.6 Å². The number of Topliss-reactive ketones (excluding diaryl/α,β-unsaturated/α-hetero) is 1. The number of carbonyl (C=O) groups is 1. The number of halogens is 1. The predicted octanol–water partition coefficient (Wildman–Crippen LogP) is 3.89. The Labute approximate surface area is 120 Å². The Morgan fingerprint density at radius 3 is 2.84 bits per heavy atom. The normalized spacial score (nSPS) is 12.4. The zero-order chi connectivity index (χ0) is 14.0. The fourth-order valence-electron chi connectivity index (χ4n) is 1.70. The lowest BCUT2D eigenvalue weighted by molar-refractivity contribution is -0.120. The molecule has 2 rings (SSSR count). The smallest absolute Gasteiger partial charge is 0.237 e. The van der Waals surface area contributed by atoms with E-state index in [4.69, 9.17) is 4.52 Å². The van der Waals surface area contributed by atoms with Crippen LogP contribution in [0.2, 0.25) is 0 Å². The van der Waals surface area contributed by atoms with Crippen LogP contribution in [0.5, 0.6) is 0 Å². The van der Waals surface area contributed by atoms with Crippen LogP contribution in [0, 0.1) is 6.92 Å². The van der Waals surface area contributed by atoms with E-state index in [1.54, 1.807) is 6.92 Å². The van der Waals surface area contributed by atoms with Gasteiger partial charge in [0.15, 0.2) is 0 Å². The van der Waals surface area contributed by atoms with Gasteiger partial charge >= 0.3 is 0 Å². The first-order chi connectivity index (χ1) is 9.02. The molecular formula is C14H15BrN2O2. The summed E-state index contributed by atoms with van der Waals surface area (Å²) in [6.07, 6.45) is 0.467. The number of aryl methyl sites for hydroxylation is 1. The second-order valence-electron chi connectivity index (χ2n) is 4.46. The minimum atomic E-state index is -0.347. The molecule has 5 heteroatoms. The molecule has 0 saturated carbocycles. The van der Waals surface area contributed by atoms with Gasteiger partial charge in [-0.2, -0.15) is 4.98 Å². The van der Waals surface area contributed by atoms with Gasteiger partial charge in [0.25, 0.3) is 0 Å². The van der Waals surface area contributed by atoms with E-state index >= 15 is 0 Å². The minimum absolute atomic E-state index is 0.0975. The van der Waals surface area contributed by atoms with Gasteiger partial charge in [-0.05, 0) is 25.5 Å². The number of hydrogen-bond acceptors (Lipinski definition) is 4. The molecule has 0 fully saturated rings. The second kappa shape index (κ2) is 5.65. The van der Waals surface area contributed by atoms with Crippen molar-refractivity contribution >= 4 is 21.7 Å². The van der Waals surface area contributed by atoms with Crippen LogP contribution >= 0.6 is 15.9 Å². The number of nitrogens with zero attached hydrogens (tertiary/aromatic N) is 2. The number of carbonyl (C=O) groups excluding carboxylic acids is 1. The molecule has 0 aliphatic carbocycles. The molecule has 1 atom stereocenters. The summed E-state index contributed by atoms with van der Waals surface area (Å²) in [4.78, 5) is 15.9. The fraction of sp³-hybridized carbons (Fsp3) is 0.357. The van der Waals surface area contributed by atoms with Gasteiger partial charge in [-0.15, -0.1) is 0 Å². The molecule has 4 nitrogen and oxygen atoms in total. The second-order valence-corrected chi connectivity index (χ2v) is 5.32. The lowest BCUT2D eigenvalue weighted by Gasteiger charge is -2.01. The van der Waals surface area contributed by atoms with Gasteiger partial charge in [-0.1, -0.05) is 40.1 Å². The Morgan fingerprint density at radius 1 is 1.47 bits per heavy atom. The van der Waals surface area contributed by atoms with Crippen LogP contribution in [0.15, 0.2) is 27.2 Å². The van der Waals surface area contributed by atoms with E-state index in [0.29, 0.717) is 18.1 Å². The summed E-state index contributed by atoms with van der Waals surface area (Å²) >= 11 is 3.47. The van der Waals surface area contributed by atoms with Crippen LogP contribution < -0.4 is 0 Å². The highest BCUT2D eigenvalue weighted by atomic mass is 79.9. The van der Waals surface area contributed by atoms with Crippen molar-refractivity contribution in [1.29, 1.82) is 0 Å². The van der Waals surface area contributed by atoms with Gasteiger partial charge in [-0.3, -0.25) is 4.79 Å². The largest absolute Gasteiger partial charge is 0.338 e. The first-order valence-electron chi connectivity index (χ1n) is 6.15. The molecule has 1 aromatic heterocycles. The van der Waals surface area contributed by atoms with Gasteiger partial charge in [0.05, 0.1) is 5.92 Å². The number of hydrogen-bond donors (Lipinski definition) is 0. The van der Waals surface area contributed by atoms with Crippen molar-refractivity contribution in [2.24, 2.45) is 0 Å². The first kappa shape index (κ1) is 13.9. The molecule has 1 aromatic carbocycles. The molecule has 0 spiro atoms. The van der Waals surface area contributed by atoms with E-state index in [1.165, 1.54) is 0 Å². The number of benzene rings is 1. The average molecular weight is 323 g/mol. The molecule has 0 amide bonds. The van der Waals surface area contributed by atoms with Crippen molar-refractivity contribution < 1.29 is 9.32 Å². The third kappa shape index (κ3) is 2.92. The van der Waals surface area contributed by atoms with Crippen molar-refractivity contribution in [3.8, 4) is 11.4 Å². The number of rotatable bonds is 4. The highest BCUT2D eigenvalue weighted by Crippen LogP contribution is 2.25. The van der Waals surface area contributed by atoms with Gasteiger partial charge in [0, 0.05) is 16.5 Å². The van der Waals surface area contributed by atoms with Crippen molar-refractivity contribution in [1.82, 2.24) is 10.1 Å². The molecule has 1 unspecified atom stereocenters. The quantitative estimate of drug-likeness (QED) is 0.856. The van der Waals surface area contributed by atoms with Crippen LogP contribution in [0.25, 0.3) is 11.4 Å². The average Bonchev–Trinajstić information content (AvgIpc) is 2.89. The highest BCUT2D eigenvalue weighted by molar-refractivity contribution is 9.10. The van der Waals surface area contributed by atoms with E-state index < -0.39 is 0 Å². The molecule has 0 aliphatic rings. The molecule has 0 bridgehead atoms. The lowest BCUT2D eigenvalue weighted by atomic mass is 10.1. The van der Waals surface area contributed by atoms with E-state index in [9.17, 15) is 4.79 Å². The van der Waals surface area contributed by atoms with Gasteiger partial charge in [0.1, 0.15) is 5.78 Å². The minimum Gasteiger partial charge on any atom is -0.338 e. The SMILES string of the molecule is CCC(=O)C(C)c1nc(-c2ccc(C)c(Br)c2)no1. The van der Waals surface area contributed by atoms with Gasteiger partial charge in [-0.25, -0.2) is 0 Å². The topological polar surface area (TPSA) is 56.0 Å². The van der Waals surface area contributed by atoms with Gasteiger partial charge in [0.2, 0.25) is 11.7 Å². The maximum atomic E-state index is 11.6. The Bertz CT molecular complexity index is 607. The molecule has 100 valence electrons. The Kier molecular flexibility index (Phi) is 4.14. The summed E-state index contributed by atoms with van der Waals surface area (Å²) in [7, 11) is 0. The van der Waals surface area contributed by atoms with E-state index in [0.717, 1.165) is 15.6 Å². The molecule has 0 radical (unpaired) electrons. The third-order valence-corrected chi connectivity index (χ3v) is 3.93. The summed E-state index contributed by atoms with van der Waals surface area (Å²) in [6, 6.07) is 5.85. The Morgan fingerprint density at radius 2 is 2.21 bits per heavy atom. The zero-order valence-corrected chi connectivity index (χ0v) is 12.7. The van der Waals surface area contributed by atoms with Crippen molar-refractivity contribution in [2.75, 3.05) is 0 Å². The Balaban J connectivity index is 2.30. The van der Waals surface area contributed by atoms with Crippen LogP contribution in [-0.2, 0) is 4.79 Å². The van der Waals surface area contributed by atoms with E-state index in [1.807, 2.05) is 32.0 Å². The summed E-state index contributed by atoms with van der Waals surface area (Å²) in [5, 5.41) is 3.94. The van der Waals surface area contributed by atoms with Crippen LogP contribution in [-0.4, -0.2) is 15.9 Å². The summed E-state index contributed by atoms with van der Waals surface area (Å²) < 4.78 is 6.17. The zero-order valence-electron chi connectivity index (χ0n) is 11.1. The Hall–Kier alpha value is -1.49. The maximum absolute atomic E-state index is 11.6. The van der Waals surface area contributed by atoms with Crippen molar-refractivity contribution in [3.63, 3.8) is 0 Å². The molecule has 0 N–H and O–H groups in total. The fourth-order valence-corrected chi connectivity index (χ4v) is 2.08. The van der Waals surface area contributed by atoms with E-state index in [-0.39, 0.29) is 11.7 Å². The molecule has 0 aliphatic heterocycles. The third-order valence-electron chi connectivity index (χ3n) is 3.07. The van der Waals surface area contributed by atoms with Gasteiger partial charge < -0.3 is 4.52 Å². The van der Waals surface area contributed by atoms with Crippen molar-refractivity contribution in [2.45, 2.75) is 33.1 Å². The predicted molar refractivity (Wildman–Crippen MR) is 75.9 cm³/mol. The molecule has 1 heterocycles. The summed E-state index contributed by atoms with van der Waals surface area (Å²) in [5.74, 6) is 0.630. The number of ketones is 1. The molecule has 0 saturated heterocycles. The molecular weight excluding hydrogens is 308 g/mol. The van der Waals surface area contributed by atoms with E-state index in [2.05, 4.69) is 26.1 Å². The first-order valence-corrected chi connectivity index (χ1v) is 6.95. The van der Waals surface area contributed by atoms with Crippen LogP contribution in [0.4, 0.5) is 0 Å². The van der Waals surface area contributed by atoms with Crippen LogP contribution in [0.3, 0.4) is 0 Å². The monoisotopic (exact) mass is 322 g/mol. The standard InChI is InChI=1S/C14H15BrN2O2/c1-4-12(18)9(3)14-16-13(17-19-14)10-6-5-8(2)11(15)7-10/h5-7,9H,4H2,1-3H3. The lowest BCUT2D eigenvalue weighted by Crippen LogP contribution is -2.07.